The number of amides is 1. The summed E-state index contributed by atoms with van der Waals surface area (Å²) in [6.07, 6.45) is 0. The molecule has 0 atom stereocenters. The Morgan fingerprint density at radius 3 is 2.25 bits per heavy atom. The van der Waals surface area contributed by atoms with E-state index in [0.717, 1.165) is 6.54 Å². The first-order chi connectivity index (χ1) is 5.40. The van der Waals surface area contributed by atoms with Crippen LogP contribution >= 0.6 is 0 Å². The van der Waals surface area contributed by atoms with Gasteiger partial charge in [-0.1, -0.05) is 6.92 Å². The van der Waals surface area contributed by atoms with Crippen LogP contribution in [0.15, 0.2) is 0 Å². The van der Waals surface area contributed by atoms with Crippen molar-refractivity contribution in [3.63, 3.8) is 0 Å². The van der Waals surface area contributed by atoms with Crippen molar-refractivity contribution < 1.29 is 4.79 Å². The van der Waals surface area contributed by atoms with E-state index in [1.807, 2.05) is 20.8 Å². The molecule has 0 rings (SSSR count). The first-order valence-corrected chi connectivity index (χ1v) is 4.13. The maximum absolute atomic E-state index is 11.4. The lowest BCUT2D eigenvalue weighted by Crippen LogP contribution is -2.55. The minimum Gasteiger partial charge on any atom is -0.304 e. The van der Waals surface area contributed by atoms with Crippen molar-refractivity contribution in [2.45, 2.75) is 26.3 Å². The summed E-state index contributed by atoms with van der Waals surface area (Å²) in [4.78, 5) is 11.4. The molecule has 4 heteroatoms. The molecule has 0 aromatic rings. The molecule has 2 N–H and O–H groups in total. The van der Waals surface area contributed by atoms with E-state index in [0.29, 0.717) is 0 Å². The van der Waals surface area contributed by atoms with Gasteiger partial charge in [-0.15, -0.1) is 0 Å². The van der Waals surface area contributed by atoms with Crippen molar-refractivity contribution in [3.8, 4) is 0 Å². The Morgan fingerprint density at radius 2 is 1.92 bits per heavy atom. The molecule has 72 valence electrons. The number of hydrazine groups is 1. The summed E-state index contributed by atoms with van der Waals surface area (Å²) in [5.74, 6) is -0.0191. The van der Waals surface area contributed by atoms with Crippen molar-refractivity contribution in [1.29, 1.82) is 0 Å². The Morgan fingerprint density at radius 1 is 1.42 bits per heavy atom. The van der Waals surface area contributed by atoms with Gasteiger partial charge in [-0.25, -0.2) is 5.01 Å². The maximum atomic E-state index is 11.4. The average Bonchev–Trinajstić information content (AvgIpc) is 1.85. The lowest BCUT2D eigenvalue weighted by molar-refractivity contribution is -0.130. The minimum atomic E-state index is -0.501. The third-order valence-corrected chi connectivity index (χ3v) is 1.51. The fourth-order valence-corrected chi connectivity index (χ4v) is 0.865. The normalized spacial score (nSPS) is 11.8. The molecule has 0 aliphatic rings. The van der Waals surface area contributed by atoms with E-state index in [2.05, 4.69) is 10.7 Å². The summed E-state index contributed by atoms with van der Waals surface area (Å²) in [7, 11) is 3.58. The average molecular weight is 173 g/mol. The van der Waals surface area contributed by atoms with Crippen molar-refractivity contribution in [3.05, 3.63) is 0 Å². The van der Waals surface area contributed by atoms with E-state index in [9.17, 15) is 4.79 Å². The highest BCUT2D eigenvalue weighted by Gasteiger charge is 2.26. The molecule has 0 radical (unpaired) electrons. The predicted octanol–water partition coefficient (Wildman–Crippen LogP) is -0.0327. The molecule has 0 aliphatic carbocycles. The Labute approximate surface area is 74.3 Å². The van der Waals surface area contributed by atoms with Crippen molar-refractivity contribution in [1.82, 2.24) is 15.8 Å². The number of hydrogen-bond donors (Lipinski definition) is 2. The first-order valence-electron chi connectivity index (χ1n) is 4.13. The van der Waals surface area contributed by atoms with E-state index in [-0.39, 0.29) is 5.91 Å². The third kappa shape index (κ3) is 3.69. The van der Waals surface area contributed by atoms with Crippen LogP contribution in [-0.4, -0.2) is 37.1 Å². The van der Waals surface area contributed by atoms with Gasteiger partial charge in [-0.05, 0) is 20.4 Å². The van der Waals surface area contributed by atoms with Crippen LogP contribution < -0.4 is 10.7 Å². The van der Waals surface area contributed by atoms with Gasteiger partial charge in [-0.3, -0.25) is 10.2 Å². The topological polar surface area (TPSA) is 44.4 Å². The van der Waals surface area contributed by atoms with Crippen molar-refractivity contribution >= 4 is 5.91 Å². The van der Waals surface area contributed by atoms with Crippen LogP contribution in [0, 0.1) is 0 Å². The zero-order valence-electron chi connectivity index (χ0n) is 8.56. The highest BCUT2D eigenvalue weighted by atomic mass is 16.2. The number of likely N-dealkylation sites (N-methyl/N-ethyl adjacent to an activating group) is 1. The summed E-state index contributed by atoms with van der Waals surface area (Å²) in [5, 5.41) is 4.73. The highest BCUT2D eigenvalue weighted by Crippen LogP contribution is 2.00. The van der Waals surface area contributed by atoms with Gasteiger partial charge in [0.05, 0.1) is 5.54 Å². The molecule has 0 aromatic carbocycles. The third-order valence-electron chi connectivity index (χ3n) is 1.51. The summed E-state index contributed by atoms with van der Waals surface area (Å²) < 4.78 is 0. The zero-order valence-corrected chi connectivity index (χ0v) is 8.56. The maximum Gasteiger partial charge on any atom is 0.253 e. The number of nitrogens with zero attached hydrogens (tertiary/aromatic N) is 1. The minimum absolute atomic E-state index is 0.0191. The lowest BCUT2D eigenvalue weighted by Gasteiger charge is -2.26. The second kappa shape index (κ2) is 4.42. The molecule has 0 aromatic heterocycles. The van der Waals surface area contributed by atoms with Crippen LogP contribution in [0.5, 0.6) is 0 Å². The molecule has 12 heavy (non-hydrogen) atoms. The van der Waals surface area contributed by atoms with Gasteiger partial charge in [-0.2, -0.15) is 0 Å². The van der Waals surface area contributed by atoms with E-state index in [4.69, 9.17) is 0 Å². The van der Waals surface area contributed by atoms with Crippen LogP contribution in [0.1, 0.15) is 20.8 Å². The summed E-state index contributed by atoms with van der Waals surface area (Å²) in [6.45, 7) is 6.48. The van der Waals surface area contributed by atoms with Gasteiger partial charge in [0.15, 0.2) is 0 Å². The summed E-state index contributed by atoms with van der Waals surface area (Å²) in [6, 6.07) is 0. The van der Waals surface area contributed by atoms with Crippen molar-refractivity contribution in [2.75, 3.05) is 20.6 Å². The fourth-order valence-electron chi connectivity index (χ4n) is 0.865. The Kier molecular flexibility index (Phi) is 4.20. The van der Waals surface area contributed by atoms with Crippen LogP contribution in [-0.2, 0) is 4.79 Å². The molecule has 4 nitrogen and oxygen atoms in total. The zero-order chi connectivity index (χ0) is 9.78. The summed E-state index contributed by atoms with van der Waals surface area (Å²) >= 11 is 0. The van der Waals surface area contributed by atoms with Gasteiger partial charge in [0.1, 0.15) is 0 Å². The first kappa shape index (κ1) is 11.4. The molecule has 0 bridgehead atoms. The van der Waals surface area contributed by atoms with E-state index in [1.165, 1.54) is 0 Å². The number of carbonyl (C=O) groups is 1. The van der Waals surface area contributed by atoms with Crippen LogP contribution in [0.2, 0.25) is 0 Å². The molecule has 0 spiro atoms. The standard InChI is InChI=1S/C8H19N3O/c1-6-9-8(2,3)7(12)10-11(4)5/h9H,6H2,1-5H3,(H,10,12). The molecule has 0 aliphatic heterocycles. The quantitative estimate of drug-likeness (QED) is 0.587. The fraction of sp³-hybridized carbons (Fsp3) is 0.875. The Bertz CT molecular complexity index is 154. The molecular weight excluding hydrogens is 154 g/mol. The second-order valence-electron chi connectivity index (χ2n) is 3.49. The van der Waals surface area contributed by atoms with Crippen LogP contribution in [0.25, 0.3) is 0 Å². The molecule has 0 fully saturated rings. The Hall–Kier alpha value is -0.610. The smallest absolute Gasteiger partial charge is 0.253 e. The largest absolute Gasteiger partial charge is 0.304 e. The van der Waals surface area contributed by atoms with Crippen LogP contribution in [0.3, 0.4) is 0 Å². The molecule has 0 saturated carbocycles. The van der Waals surface area contributed by atoms with E-state index >= 15 is 0 Å². The molecule has 0 saturated heterocycles. The SMILES string of the molecule is CCNC(C)(C)C(=O)NN(C)C. The van der Waals surface area contributed by atoms with Gasteiger partial charge >= 0.3 is 0 Å². The van der Waals surface area contributed by atoms with Gasteiger partial charge in [0, 0.05) is 14.1 Å². The second-order valence-corrected chi connectivity index (χ2v) is 3.49. The van der Waals surface area contributed by atoms with Gasteiger partial charge < -0.3 is 5.32 Å². The van der Waals surface area contributed by atoms with Crippen molar-refractivity contribution in [2.24, 2.45) is 0 Å². The lowest BCUT2D eigenvalue weighted by atomic mass is 10.1. The Balaban J connectivity index is 4.06. The number of carbonyl (C=O) groups excluding carboxylic acids is 1. The number of rotatable bonds is 4. The number of hydrogen-bond acceptors (Lipinski definition) is 3. The highest BCUT2D eigenvalue weighted by molar-refractivity contribution is 5.84. The van der Waals surface area contributed by atoms with E-state index < -0.39 is 5.54 Å². The summed E-state index contributed by atoms with van der Waals surface area (Å²) in [5.41, 5.74) is 2.20. The molecule has 0 heterocycles. The number of nitrogens with one attached hydrogen (secondary N) is 2. The predicted molar refractivity (Wildman–Crippen MR) is 49.6 cm³/mol. The molecular formula is C8H19N3O. The molecule has 1 amide bonds. The van der Waals surface area contributed by atoms with E-state index in [1.54, 1.807) is 19.1 Å². The monoisotopic (exact) mass is 173 g/mol. The van der Waals surface area contributed by atoms with Gasteiger partial charge in [0.25, 0.3) is 5.91 Å². The van der Waals surface area contributed by atoms with Crippen LogP contribution in [0.4, 0.5) is 0 Å². The van der Waals surface area contributed by atoms with Gasteiger partial charge in [0.2, 0.25) is 0 Å². The molecule has 0 unspecified atom stereocenters.